The molecule has 0 aromatic rings. The maximum Gasteiger partial charge on any atom is 0.330 e. The molecule has 1 saturated heterocycles. The molecule has 6 heteroatoms. The highest BCUT2D eigenvalue weighted by Crippen LogP contribution is 2.31. The molecule has 0 atom stereocenters. The average molecular weight is 281 g/mol. The molecule has 0 aromatic carbocycles. The van der Waals surface area contributed by atoms with Crippen molar-refractivity contribution in [1.82, 2.24) is 4.90 Å². The van der Waals surface area contributed by atoms with Gasteiger partial charge in [-0.3, -0.25) is 14.5 Å². The molecule has 1 rings (SSSR count). The number of amides is 2. The third kappa shape index (κ3) is 3.94. The van der Waals surface area contributed by atoms with Crippen LogP contribution in [-0.2, 0) is 23.9 Å². The smallest absolute Gasteiger partial charge is 0.330 e. The van der Waals surface area contributed by atoms with Gasteiger partial charge >= 0.3 is 5.97 Å². The summed E-state index contributed by atoms with van der Waals surface area (Å²) in [4.78, 5) is 35.6. The van der Waals surface area contributed by atoms with Crippen molar-refractivity contribution in [2.24, 2.45) is 5.41 Å². The molecule has 0 saturated carbocycles. The molecule has 110 valence electrons. The van der Waals surface area contributed by atoms with Crippen LogP contribution in [0.3, 0.4) is 0 Å². The zero-order valence-electron chi connectivity index (χ0n) is 12.0. The van der Waals surface area contributed by atoms with Gasteiger partial charge in [-0.1, -0.05) is 20.4 Å². The van der Waals surface area contributed by atoms with Gasteiger partial charge in [0.05, 0.1) is 19.1 Å². The molecule has 0 N–H and O–H groups in total. The van der Waals surface area contributed by atoms with Gasteiger partial charge in [0.25, 0.3) is 0 Å². The van der Waals surface area contributed by atoms with Crippen LogP contribution in [0.5, 0.6) is 0 Å². The fraction of sp³-hybridized carbons (Fsp3) is 0.500. The molecule has 1 aliphatic heterocycles. The van der Waals surface area contributed by atoms with Gasteiger partial charge in [-0.05, 0) is 6.08 Å². The van der Waals surface area contributed by atoms with Gasteiger partial charge in [0.15, 0.2) is 0 Å². The number of likely N-dealkylation sites (tertiary alicyclic amines) is 1. The molecule has 0 aromatic heterocycles. The van der Waals surface area contributed by atoms with Crippen molar-refractivity contribution >= 4 is 17.8 Å². The quantitative estimate of drug-likeness (QED) is 0.239. The van der Waals surface area contributed by atoms with Gasteiger partial charge in [-0.2, -0.15) is 0 Å². The number of hydrogen-bond acceptors (Lipinski definition) is 5. The average Bonchev–Trinajstić information content (AvgIpc) is 2.57. The zero-order chi connectivity index (χ0) is 15.3. The van der Waals surface area contributed by atoms with Gasteiger partial charge < -0.3 is 9.47 Å². The molecule has 0 bridgehead atoms. The lowest BCUT2D eigenvalue weighted by atomic mass is 9.92. The van der Waals surface area contributed by atoms with Crippen LogP contribution in [-0.4, -0.2) is 42.9 Å². The van der Waals surface area contributed by atoms with Crippen LogP contribution in [0.25, 0.3) is 0 Å². The number of allylic oxidation sites excluding steroid dienone is 1. The Morgan fingerprint density at radius 3 is 2.55 bits per heavy atom. The van der Waals surface area contributed by atoms with E-state index in [9.17, 15) is 14.4 Å². The van der Waals surface area contributed by atoms with Gasteiger partial charge in [0.2, 0.25) is 11.8 Å². The molecular formula is C14H19NO5. The van der Waals surface area contributed by atoms with Crippen molar-refractivity contribution in [3.8, 4) is 0 Å². The van der Waals surface area contributed by atoms with Gasteiger partial charge in [0, 0.05) is 12.5 Å². The van der Waals surface area contributed by atoms with Crippen LogP contribution in [0.15, 0.2) is 24.5 Å². The number of carbonyl (C=O) groups is 3. The minimum Gasteiger partial charge on any atom is -0.492 e. The number of carbonyl (C=O) groups excluding carboxylic acids is 3. The third-order valence-electron chi connectivity index (χ3n) is 2.93. The summed E-state index contributed by atoms with van der Waals surface area (Å²) in [5.41, 5.74) is -0.640. The zero-order valence-corrected chi connectivity index (χ0v) is 12.0. The largest absolute Gasteiger partial charge is 0.492 e. The van der Waals surface area contributed by atoms with E-state index >= 15 is 0 Å². The predicted molar refractivity (Wildman–Crippen MR) is 71.4 cm³/mol. The summed E-state index contributed by atoms with van der Waals surface area (Å²) in [5.74, 6) is -0.642. The van der Waals surface area contributed by atoms with Crippen molar-refractivity contribution in [1.29, 1.82) is 0 Å². The summed E-state index contributed by atoms with van der Waals surface area (Å²) < 4.78 is 9.65. The first-order chi connectivity index (χ1) is 9.27. The second-order valence-electron chi connectivity index (χ2n) is 5.08. The Morgan fingerprint density at radius 2 is 2.05 bits per heavy atom. The molecular weight excluding hydrogens is 262 g/mol. The minimum atomic E-state index is -0.640. The number of rotatable bonds is 6. The third-order valence-corrected chi connectivity index (χ3v) is 2.93. The van der Waals surface area contributed by atoms with Crippen molar-refractivity contribution < 1.29 is 23.9 Å². The van der Waals surface area contributed by atoms with Crippen LogP contribution in [0, 0.1) is 5.41 Å². The van der Waals surface area contributed by atoms with E-state index in [2.05, 4.69) is 11.3 Å². The molecule has 6 nitrogen and oxygen atoms in total. The summed E-state index contributed by atoms with van der Waals surface area (Å²) >= 11 is 0. The van der Waals surface area contributed by atoms with E-state index in [1.807, 2.05) is 0 Å². The monoisotopic (exact) mass is 281 g/mol. The van der Waals surface area contributed by atoms with Gasteiger partial charge in [-0.25, -0.2) is 4.79 Å². The Bertz CT molecular complexity index is 464. The highest BCUT2D eigenvalue weighted by atomic mass is 16.5. The second-order valence-corrected chi connectivity index (χ2v) is 5.08. The molecule has 1 heterocycles. The van der Waals surface area contributed by atoms with Gasteiger partial charge in [0.1, 0.15) is 12.4 Å². The van der Waals surface area contributed by atoms with Crippen molar-refractivity contribution in [3.05, 3.63) is 24.5 Å². The summed E-state index contributed by atoms with van der Waals surface area (Å²) in [6.07, 6.45) is 2.76. The number of nitrogens with zero attached hydrogens (tertiary/aromatic N) is 1. The standard InChI is InChI=1S/C14H19NO5/c1-10(5-6-12(17)19-4)20-8-7-15-11(16)9-14(2,3)13(15)18/h5-6H,1,7-9H2,2-4H3/b6-5+. The lowest BCUT2D eigenvalue weighted by molar-refractivity contribution is -0.141. The van der Waals surface area contributed by atoms with Crippen molar-refractivity contribution in [3.63, 3.8) is 0 Å². The van der Waals surface area contributed by atoms with E-state index in [4.69, 9.17) is 4.74 Å². The predicted octanol–water partition coefficient (Wildman–Crippen LogP) is 1.03. The first kappa shape index (κ1) is 15.9. The number of ether oxygens (including phenoxy) is 2. The number of hydrogen-bond donors (Lipinski definition) is 0. The van der Waals surface area contributed by atoms with Crippen LogP contribution in [0.4, 0.5) is 0 Å². The molecule has 0 aliphatic carbocycles. The molecule has 2 amide bonds. The van der Waals surface area contributed by atoms with E-state index < -0.39 is 11.4 Å². The van der Waals surface area contributed by atoms with Crippen molar-refractivity contribution in [2.45, 2.75) is 20.3 Å². The lowest BCUT2D eigenvalue weighted by Gasteiger charge is -2.17. The summed E-state index contributed by atoms with van der Waals surface area (Å²) in [6, 6.07) is 0. The molecule has 0 radical (unpaired) electrons. The first-order valence-electron chi connectivity index (χ1n) is 6.20. The SMILES string of the molecule is C=C(/C=C/C(=O)OC)OCCN1C(=O)CC(C)(C)C1=O. The Morgan fingerprint density at radius 1 is 1.40 bits per heavy atom. The van der Waals surface area contributed by atoms with E-state index in [0.29, 0.717) is 0 Å². The van der Waals surface area contributed by atoms with Crippen LogP contribution in [0.2, 0.25) is 0 Å². The highest BCUT2D eigenvalue weighted by Gasteiger charge is 2.44. The number of methoxy groups -OCH3 is 1. The van der Waals surface area contributed by atoms with E-state index in [1.165, 1.54) is 24.2 Å². The molecule has 0 unspecified atom stereocenters. The van der Waals surface area contributed by atoms with Crippen LogP contribution in [0.1, 0.15) is 20.3 Å². The van der Waals surface area contributed by atoms with Crippen LogP contribution >= 0.6 is 0 Å². The van der Waals surface area contributed by atoms with E-state index in [0.717, 1.165) is 0 Å². The Balaban J connectivity index is 2.40. The van der Waals surface area contributed by atoms with Crippen molar-refractivity contribution in [2.75, 3.05) is 20.3 Å². The molecule has 1 aliphatic rings. The van der Waals surface area contributed by atoms with E-state index in [1.54, 1.807) is 13.8 Å². The topological polar surface area (TPSA) is 72.9 Å². The molecule has 0 spiro atoms. The normalized spacial score (nSPS) is 17.6. The first-order valence-corrected chi connectivity index (χ1v) is 6.20. The minimum absolute atomic E-state index is 0.137. The maximum atomic E-state index is 11.9. The summed E-state index contributed by atoms with van der Waals surface area (Å²) in [5, 5.41) is 0. The number of imide groups is 1. The lowest BCUT2D eigenvalue weighted by Crippen LogP contribution is -2.35. The fourth-order valence-corrected chi connectivity index (χ4v) is 1.80. The Labute approximate surface area is 118 Å². The summed E-state index contributed by atoms with van der Waals surface area (Å²) in [7, 11) is 1.27. The second kappa shape index (κ2) is 6.36. The van der Waals surface area contributed by atoms with Crippen LogP contribution < -0.4 is 0 Å². The molecule has 1 fully saturated rings. The maximum absolute atomic E-state index is 11.9. The highest BCUT2D eigenvalue weighted by molar-refractivity contribution is 6.05. The number of esters is 1. The summed E-state index contributed by atoms with van der Waals surface area (Å²) in [6.45, 7) is 7.38. The van der Waals surface area contributed by atoms with Gasteiger partial charge in [-0.15, -0.1) is 0 Å². The Kier molecular flexibility index (Phi) is 5.07. The van der Waals surface area contributed by atoms with E-state index in [-0.39, 0.29) is 37.1 Å². The molecule has 20 heavy (non-hydrogen) atoms. The fourth-order valence-electron chi connectivity index (χ4n) is 1.80. The Hall–Kier alpha value is -2.11.